The van der Waals surface area contributed by atoms with E-state index >= 15 is 0 Å². The number of allylic oxidation sites excluding steroid dienone is 4. The Labute approximate surface area is 117 Å². The monoisotopic (exact) mass is 274 g/mol. The van der Waals surface area contributed by atoms with Gasteiger partial charge in [0.1, 0.15) is 0 Å². The Morgan fingerprint density at radius 3 is 2.65 bits per heavy atom. The van der Waals surface area contributed by atoms with Gasteiger partial charge in [-0.05, 0) is 31.4 Å². The lowest BCUT2D eigenvalue weighted by Crippen LogP contribution is -2.20. The first-order valence-corrected chi connectivity index (χ1v) is 6.33. The normalized spacial score (nSPS) is 11.8. The zero-order chi connectivity index (χ0) is 15.1. The lowest BCUT2D eigenvalue weighted by atomic mass is 10.0. The molecule has 1 amide bonds. The number of aromatic nitrogens is 1. The predicted octanol–water partition coefficient (Wildman–Crippen LogP) is 2.33. The summed E-state index contributed by atoms with van der Waals surface area (Å²) in [4.78, 5) is 26.2. The maximum absolute atomic E-state index is 11.4. The highest BCUT2D eigenvalue weighted by atomic mass is 16.4. The second kappa shape index (κ2) is 7.23. The number of primary amides is 1. The van der Waals surface area contributed by atoms with Gasteiger partial charge in [-0.25, -0.2) is 9.78 Å². The van der Waals surface area contributed by atoms with E-state index < -0.39 is 11.9 Å². The van der Waals surface area contributed by atoms with E-state index in [0.29, 0.717) is 12.0 Å². The molecule has 1 aromatic heterocycles. The number of aromatic carboxylic acids is 1. The number of pyridine rings is 1. The molecule has 0 saturated carbocycles. The summed E-state index contributed by atoms with van der Waals surface area (Å²) in [6.07, 6.45) is 8.54. The number of amides is 1. The van der Waals surface area contributed by atoms with Gasteiger partial charge in [0.15, 0.2) is 5.69 Å². The molecule has 1 rings (SSSR count). The topological polar surface area (TPSA) is 93.3 Å². The number of carboxylic acid groups (broad SMARTS) is 1. The van der Waals surface area contributed by atoms with Crippen molar-refractivity contribution in [2.45, 2.75) is 26.7 Å². The van der Waals surface area contributed by atoms with Crippen LogP contribution < -0.4 is 5.73 Å². The minimum Gasteiger partial charge on any atom is -0.476 e. The number of hydrogen-bond acceptors (Lipinski definition) is 3. The molecule has 106 valence electrons. The van der Waals surface area contributed by atoms with Crippen LogP contribution in [0.4, 0.5) is 0 Å². The summed E-state index contributed by atoms with van der Waals surface area (Å²) in [5, 5.41) is 9.03. The number of nitrogens with zero attached hydrogens (tertiary/aromatic N) is 1. The maximum Gasteiger partial charge on any atom is 0.355 e. The van der Waals surface area contributed by atoms with Crippen LogP contribution in [-0.4, -0.2) is 22.0 Å². The van der Waals surface area contributed by atoms with Gasteiger partial charge in [-0.1, -0.05) is 30.7 Å². The number of carbonyl (C=O) groups is 2. The predicted molar refractivity (Wildman–Crippen MR) is 76.6 cm³/mol. The fraction of sp³-hybridized carbons (Fsp3) is 0.267. The Hall–Kier alpha value is -2.43. The van der Waals surface area contributed by atoms with Crippen LogP contribution in [0.1, 0.15) is 46.7 Å². The van der Waals surface area contributed by atoms with Gasteiger partial charge in [0.05, 0.1) is 5.56 Å². The number of nitrogens with two attached hydrogens (primary N) is 1. The summed E-state index contributed by atoms with van der Waals surface area (Å²) >= 11 is 0. The average molecular weight is 274 g/mol. The lowest BCUT2D eigenvalue weighted by molar-refractivity contribution is 0.0685. The van der Waals surface area contributed by atoms with Crippen LogP contribution in [0, 0.1) is 0 Å². The Balaban J connectivity index is 3.10. The molecule has 20 heavy (non-hydrogen) atoms. The molecule has 0 aliphatic carbocycles. The van der Waals surface area contributed by atoms with Crippen LogP contribution in [0.15, 0.2) is 36.1 Å². The van der Waals surface area contributed by atoms with E-state index in [1.165, 1.54) is 6.20 Å². The largest absolute Gasteiger partial charge is 0.476 e. The maximum atomic E-state index is 11.4. The van der Waals surface area contributed by atoms with E-state index in [0.717, 1.165) is 12.0 Å². The van der Waals surface area contributed by atoms with Crippen molar-refractivity contribution in [3.8, 4) is 0 Å². The van der Waals surface area contributed by atoms with Gasteiger partial charge < -0.3 is 10.8 Å². The smallest absolute Gasteiger partial charge is 0.355 e. The molecule has 0 saturated heterocycles. The molecule has 0 aromatic carbocycles. The third-order valence-electron chi connectivity index (χ3n) is 2.93. The summed E-state index contributed by atoms with van der Waals surface area (Å²) in [5.74, 6) is -2.03. The molecule has 0 spiro atoms. The van der Waals surface area contributed by atoms with Crippen molar-refractivity contribution < 1.29 is 14.7 Å². The Morgan fingerprint density at radius 2 is 2.15 bits per heavy atom. The molecule has 5 nitrogen and oxygen atoms in total. The third kappa shape index (κ3) is 3.78. The number of carbonyl (C=O) groups excluding carboxylic acids is 1. The second-order valence-electron chi connectivity index (χ2n) is 4.19. The van der Waals surface area contributed by atoms with Gasteiger partial charge in [-0.15, -0.1) is 0 Å². The molecular formula is C15H18N2O3. The summed E-state index contributed by atoms with van der Waals surface area (Å²) in [7, 11) is 0. The van der Waals surface area contributed by atoms with Crippen LogP contribution in [0.2, 0.25) is 0 Å². The first-order chi connectivity index (χ1) is 9.51. The standard InChI is InChI=1S/C15H18N2O3/c1-3-10(4-2)6-5-7-11-8-9-17-13(15(19)20)12(11)14(16)18/h3,5-6,8-9H,4,7H2,1-2H3,(H2,16,18)(H,19,20)/b6-5-,10-3+. The quantitative estimate of drug-likeness (QED) is 0.778. The van der Waals surface area contributed by atoms with E-state index in [-0.39, 0.29) is 11.3 Å². The number of carboxylic acids is 1. The molecule has 0 unspecified atom stereocenters. The molecule has 0 aliphatic rings. The molecule has 0 bridgehead atoms. The fourth-order valence-electron chi connectivity index (χ4n) is 1.86. The molecular weight excluding hydrogens is 256 g/mol. The Morgan fingerprint density at radius 1 is 1.45 bits per heavy atom. The molecule has 1 aromatic rings. The average Bonchev–Trinajstić information content (AvgIpc) is 2.43. The highest BCUT2D eigenvalue weighted by molar-refractivity contribution is 6.03. The van der Waals surface area contributed by atoms with Crippen LogP contribution in [-0.2, 0) is 6.42 Å². The van der Waals surface area contributed by atoms with E-state index in [2.05, 4.69) is 4.98 Å². The van der Waals surface area contributed by atoms with Gasteiger partial charge in [0.25, 0.3) is 5.91 Å². The van der Waals surface area contributed by atoms with Gasteiger partial charge in [-0.3, -0.25) is 4.79 Å². The summed E-state index contributed by atoms with van der Waals surface area (Å²) in [6.45, 7) is 4.00. The van der Waals surface area contributed by atoms with Gasteiger partial charge in [0.2, 0.25) is 0 Å². The number of hydrogen-bond donors (Lipinski definition) is 2. The minimum atomic E-state index is -1.26. The SMILES string of the molecule is C/C=C(/C=C\Cc1ccnc(C(=O)O)c1C(N)=O)CC. The van der Waals surface area contributed by atoms with E-state index in [1.54, 1.807) is 6.07 Å². The van der Waals surface area contributed by atoms with Crippen molar-refractivity contribution in [3.05, 3.63) is 52.9 Å². The first-order valence-electron chi connectivity index (χ1n) is 6.33. The van der Waals surface area contributed by atoms with Crippen molar-refractivity contribution in [1.29, 1.82) is 0 Å². The summed E-state index contributed by atoms with van der Waals surface area (Å²) in [5.41, 5.74) is 6.66. The van der Waals surface area contributed by atoms with Crippen LogP contribution in [0.25, 0.3) is 0 Å². The fourth-order valence-corrected chi connectivity index (χ4v) is 1.86. The zero-order valence-electron chi connectivity index (χ0n) is 11.6. The molecule has 0 atom stereocenters. The van der Waals surface area contributed by atoms with Crippen molar-refractivity contribution in [2.75, 3.05) is 0 Å². The van der Waals surface area contributed by atoms with Crippen LogP contribution in [0.5, 0.6) is 0 Å². The summed E-state index contributed by atoms with van der Waals surface area (Å²) in [6, 6.07) is 1.61. The van der Waals surface area contributed by atoms with Gasteiger partial charge in [0, 0.05) is 6.20 Å². The second-order valence-corrected chi connectivity index (χ2v) is 4.19. The molecule has 5 heteroatoms. The van der Waals surface area contributed by atoms with Crippen molar-refractivity contribution in [2.24, 2.45) is 5.73 Å². The van der Waals surface area contributed by atoms with Gasteiger partial charge in [-0.2, -0.15) is 0 Å². The highest BCUT2D eigenvalue weighted by Gasteiger charge is 2.19. The Bertz CT molecular complexity index is 574. The summed E-state index contributed by atoms with van der Waals surface area (Å²) < 4.78 is 0. The van der Waals surface area contributed by atoms with Crippen molar-refractivity contribution >= 4 is 11.9 Å². The third-order valence-corrected chi connectivity index (χ3v) is 2.93. The Kier molecular flexibility index (Phi) is 5.65. The highest BCUT2D eigenvalue weighted by Crippen LogP contribution is 2.14. The number of rotatable bonds is 6. The van der Waals surface area contributed by atoms with Gasteiger partial charge >= 0.3 is 5.97 Å². The van der Waals surface area contributed by atoms with E-state index in [4.69, 9.17) is 10.8 Å². The molecule has 0 aliphatic heterocycles. The molecule has 0 fully saturated rings. The molecule has 1 heterocycles. The molecule has 0 radical (unpaired) electrons. The minimum absolute atomic E-state index is 0.0248. The molecule has 3 N–H and O–H groups in total. The first kappa shape index (κ1) is 15.6. The zero-order valence-corrected chi connectivity index (χ0v) is 11.6. The lowest BCUT2D eigenvalue weighted by Gasteiger charge is -2.07. The van der Waals surface area contributed by atoms with Crippen LogP contribution >= 0.6 is 0 Å². The van der Waals surface area contributed by atoms with Crippen LogP contribution in [0.3, 0.4) is 0 Å². The van der Waals surface area contributed by atoms with Crippen molar-refractivity contribution in [3.63, 3.8) is 0 Å². The van der Waals surface area contributed by atoms with E-state index in [9.17, 15) is 9.59 Å². The van der Waals surface area contributed by atoms with Crippen molar-refractivity contribution in [1.82, 2.24) is 4.98 Å². The van der Waals surface area contributed by atoms with E-state index in [1.807, 2.05) is 32.1 Å².